The number of furan rings is 1. The zero-order valence-electron chi connectivity index (χ0n) is 10.2. The lowest BCUT2D eigenvalue weighted by atomic mass is 9.99. The molecule has 3 heterocycles. The third-order valence-corrected chi connectivity index (χ3v) is 4.36. The summed E-state index contributed by atoms with van der Waals surface area (Å²) in [5, 5.41) is 0. The fourth-order valence-electron chi connectivity index (χ4n) is 2.52. The average molecular weight is 274 g/mol. The van der Waals surface area contributed by atoms with Crippen molar-refractivity contribution < 1.29 is 13.9 Å². The first kappa shape index (κ1) is 10.8. The third kappa shape index (κ3) is 1.40. The molecular formula is C13H10N2O3S. The molecule has 0 aliphatic heterocycles. The molecule has 0 unspecified atom stereocenters. The largest absolute Gasteiger partial charge is 0.469 e. The number of rotatable bonds is 1. The van der Waals surface area contributed by atoms with Crippen LogP contribution in [0.5, 0.6) is 0 Å². The Bertz CT molecular complexity index is 796. The maximum Gasteiger partial charge on any atom is 0.349 e. The molecule has 4 rings (SSSR count). The Morgan fingerprint density at radius 3 is 3.26 bits per heavy atom. The van der Waals surface area contributed by atoms with E-state index < -0.39 is 0 Å². The fourth-order valence-corrected chi connectivity index (χ4v) is 3.44. The second kappa shape index (κ2) is 3.71. The Hall–Kier alpha value is -2.08. The number of carbonyl (C=O) groups is 1. The van der Waals surface area contributed by atoms with Gasteiger partial charge in [0.1, 0.15) is 10.6 Å². The maximum absolute atomic E-state index is 11.5. The molecule has 1 aliphatic carbocycles. The van der Waals surface area contributed by atoms with Gasteiger partial charge in [-0.05, 0) is 12.5 Å². The first-order valence-corrected chi connectivity index (χ1v) is 6.75. The second-order valence-corrected chi connectivity index (χ2v) is 5.41. The molecule has 0 amide bonds. The number of thiazole rings is 1. The average Bonchev–Trinajstić information content (AvgIpc) is 3.09. The molecule has 6 heteroatoms. The van der Waals surface area contributed by atoms with Crippen LogP contribution in [-0.4, -0.2) is 22.5 Å². The van der Waals surface area contributed by atoms with Crippen molar-refractivity contribution >= 4 is 22.3 Å². The number of imidazole rings is 1. The number of aryl methyl sites for hydroxylation is 2. The predicted octanol–water partition coefficient (Wildman–Crippen LogP) is 2.54. The van der Waals surface area contributed by atoms with Crippen molar-refractivity contribution in [3.63, 3.8) is 0 Å². The highest BCUT2D eigenvalue weighted by Crippen LogP contribution is 2.36. The molecule has 3 aromatic rings. The van der Waals surface area contributed by atoms with E-state index >= 15 is 0 Å². The van der Waals surface area contributed by atoms with Gasteiger partial charge in [0, 0.05) is 18.2 Å². The number of nitrogens with zero attached hydrogens (tertiary/aromatic N) is 2. The highest BCUT2D eigenvalue weighted by atomic mass is 32.1. The van der Waals surface area contributed by atoms with Crippen LogP contribution in [0.15, 0.2) is 22.9 Å². The number of aromatic nitrogens is 2. The zero-order chi connectivity index (χ0) is 13.0. The van der Waals surface area contributed by atoms with Crippen LogP contribution in [0.2, 0.25) is 0 Å². The number of carbonyl (C=O) groups excluding carboxylic acids is 1. The number of ether oxygens (including phenoxy) is 1. The second-order valence-electron chi connectivity index (χ2n) is 4.40. The minimum Gasteiger partial charge on any atom is -0.469 e. The molecule has 0 fully saturated rings. The monoisotopic (exact) mass is 274 g/mol. The van der Waals surface area contributed by atoms with Crippen molar-refractivity contribution in [3.8, 4) is 11.3 Å². The van der Waals surface area contributed by atoms with Gasteiger partial charge in [-0.3, -0.25) is 4.40 Å². The standard InChI is InChI=1S/C13H10N2O3S/c1-17-12(16)10-6-15-8-2-3-9-7(4-5-18-9)11(8)14-13(15)19-10/h4-6H,2-3H2,1H3. The van der Waals surface area contributed by atoms with Gasteiger partial charge in [-0.2, -0.15) is 0 Å². The summed E-state index contributed by atoms with van der Waals surface area (Å²) >= 11 is 1.35. The molecule has 0 aromatic carbocycles. The van der Waals surface area contributed by atoms with E-state index in [1.54, 1.807) is 6.26 Å². The molecule has 96 valence electrons. The Labute approximate surface area is 112 Å². The first-order valence-electron chi connectivity index (χ1n) is 5.93. The van der Waals surface area contributed by atoms with E-state index in [1.165, 1.54) is 18.4 Å². The van der Waals surface area contributed by atoms with Crippen LogP contribution in [0.1, 0.15) is 21.1 Å². The van der Waals surface area contributed by atoms with E-state index in [1.807, 2.05) is 16.7 Å². The summed E-state index contributed by atoms with van der Waals surface area (Å²) in [7, 11) is 1.39. The van der Waals surface area contributed by atoms with E-state index in [4.69, 9.17) is 9.15 Å². The third-order valence-electron chi connectivity index (χ3n) is 3.40. The van der Waals surface area contributed by atoms with Crippen LogP contribution in [0, 0.1) is 0 Å². The molecule has 0 bridgehead atoms. The summed E-state index contributed by atoms with van der Waals surface area (Å²) in [6.45, 7) is 0. The van der Waals surface area contributed by atoms with Gasteiger partial charge >= 0.3 is 5.97 Å². The molecule has 0 radical (unpaired) electrons. The van der Waals surface area contributed by atoms with Gasteiger partial charge in [-0.15, -0.1) is 0 Å². The summed E-state index contributed by atoms with van der Waals surface area (Å²) in [5.74, 6) is 0.676. The summed E-state index contributed by atoms with van der Waals surface area (Å²) in [4.78, 5) is 17.5. The number of methoxy groups -OCH3 is 1. The minimum atomic E-state index is -0.316. The van der Waals surface area contributed by atoms with Crippen LogP contribution in [-0.2, 0) is 17.6 Å². The van der Waals surface area contributed by atoms with Gasteiger partial charge in [-0.1, -0.05) is 11.3 Å². The Balaban J connectivity index is 1.93. The SMILES string of the molecule is COC(=O)c1cn2c3c(nc2s1)-c1ccoc1CC3. The van der Waals surface area contributed by atoms with E-state index in [9.17, 15) is 4.79 Å². The van der Waals surface area contributed by atoms with Crippen molar-refractivity contribution in [1.29, 1.82) is 0 Å². The van der Waals surface area contributed by atoms with Crippen molar-refractivity contribution in [2.45, 2.75) is 12.8 Å². The molecule has 0 saturated heterocycles. The van der Waals surface area contributed by atoms with E-state index in [0.29, 0.717) is 4.88 Å². The van der Waals surface area contributed by atoms with Crippen molar-refractivity contribution in [2.75, 3.05) is 7.11 Å². The highest BCUT2D eigenvalue weighted by molar-refractivity contribution is 7.18. The molecule has 5 nitrogen and oxygen atoms in total. The van der Waals surface area contributed by atoms with Crippen molar-refractivity contribution in [1.82, 2.24) is 9.38 Å². The minimum absolute atomic E-state index is 0.316. The quantitative estimate of drug-likeness (QED) is 0.640. The molecule has 0 spiro atoms. The summed E-state index contributed by atoms with van der Waals surface area (Å²) in [6.07, 6.45) is 5.25. The van der Waals surface area contributed by atoms with Crippen LogP contribution >= 0.6 is 11.3 Å². The Morgan fingerprint density at radius 2 is 2.42 bits per heavy atom. The maximum atomic E-state index is 11.5. The number of hydrogen-bond acceptors (Lipinski definition) is 5. The van der Waals surface area contributed by atoms with Gasteiger partial charge in [0.05, 0.1) is 24.8 Å². The van der Waals surface area contributed by atoms with Crippen LogP contribution in [0.3, 0.4) is 0 Å². The molecule has 0 saturated carbocycles. The van der Waals surface area contributed by atoms with Gasteiger partial charge in [0.2, 0.25) is 0 Å². The van der Waals surface area contributed by atoms with Gasteiger partial charge < -0.3 is 9.15 Å². The molecule has 19 heavy (non-hydrogen) atoms. The van der Waals surface area contributed by atoms with Crippen LogP contribution < -0.4 is 0 Å². The lowest BCUT2D eigenvalue weighted by Gasteiger charge is -2.09. The lowest BCUT2D eigenvalue weighted by Crippen LogP contribution is -2.03. The predicted molar refractivity (Wildman–Crippen MR) is 69.5 cm³/mol. The smallest absolute Gasteiger partial charge is 0.349 e. The summed E-state index contributed by atoms with van der Waals surface area (Å²) in [5.41, 5.74) is 3.17. The number of esters is 1. The molecular weight excluding hydrogens is 264 g/mol. The van der Waals surface area contributed by atoms with Gasteiger partial charge in [0.25, 0.3) is 0 Å². The number of hydrogen-bond donors (Lipinski definition) is 0. The fraction of sp³-hybridized carbons (Fsp3) is 0.231. The van der Waals surface area contributed by atoms with Gasteiger partial charge in [0.15, 0.2) is 4.96 Å². The first-order chi connectivity index (χ1) is 9.28. The Kier molecular flexibility index (Phi) is 2.11. The van der Waals surface area contributed by atoms with Crippen molar-refractivity contribution in [3.05, 3.63) is 34.9 Å². The van der Waals surface area contributed by atoms with E-state index in [-0.39, 0.29) is 5.97 Å². The molecule has 3 aromatic heterocycles. The van der Waals surface area contributed by atoms with Gasteiger partial charge in [-0.25, -0.2) is 9.78 Å². The normalized spacial score (nSPS) is 13.3. The number of fused-ring (bicyclic) bond motifs is 5. The summed E-state index contributed by atoms with van der Waals surface area (Å²) < 4.78 is 12.2. The summed E-state index contributed by atoms with van der Waals surface area (Å²) in [6, 6.07) is 1.95. The van der Waals surface area contributed by atoms with Crippen molar-refractivity contribution in [2.24, 2.45) is 0 Å². The van der Waals surface area contributed by atoms with E-state index in [0.717, 1.165) is 40.5 Å². The lowest BCUT2D eigenvalue weighted by molar-refractivity contribution is 0.0606. The van der Waals surface area contributed by atoms with Crippen LogP contribution in [0.4, 0.5) is 0 Å². The Morgan fingerprint density at radius 1 is 1.53 bits per heavy atom. The topological polar surface area (TPSA) is 56.7 Å². The zero-order valence-corrected chi connectivity index (χ0v) is 11.0. The highest BCUT2D eigenvalue weighted by Gasteiger charge is 2.25. The molecule has 0 N–H and O–H groups in total. The molecule has 0 atom stereocenters. The molecule has 1 aliphatic rings. The van der Waals surface area contributed by atoms with E-state index in [2.05, 4.69) is 4.98 Å². The van der Waals surface area contributed by atoms with Crippen LogP contribution in [0.25, 0.3) is 16.2 Å².